The maximum absolute atomic E-state index is 14.2. The molecule has 0 spiro atoms. The van der Waals surface area contributed by atoms with Gasteiger partial charge in [-0.05, 0) is 85.1 Å². The molecule has 1 aliphatic heterocycles. The molecule has 254 valence electrons. The van der Waals surface area contributed by atoms with Gasteiger partial charge in [0, 0.05) is 5.69 Å². The Kier molecular flexibility index (Phi) is 10.2. The van der Waals surface area contributed by atoms with Crippen LogP contribution in [0.4, 0.5) is 5.69 Å². The van der Waals surface area contributed by atoms with Crippen LogP contribution in [-0.4, -0.2) is 35.3 Å². The van der Waals surface area contributed by atoms with Crippen molar-refractivity contribution >= 4 is 46.6 Å². The molecule has 5 aromatic rings. The van der Waals surface area contributed by atoms with Crippen molar-refractivity contribution < 1.29 is 28.9 Å². The Morgan fingerprint density at radius 1 is 1.02 bits per heavy atom. The van der Waals surface area contributed by atoms with E-state index in [9.17, 15) is 19.5 Å². The molecular formula is C38H32ClN3O7S. The molecule has 1 amide bonds. The summed E-state index contributed by atoms with van der Waals surface area (Å²) in [5.41, 5.74) is 3.20. The van der Waals surface area contributed by atoms with Gasteiger partial charge in [0.2, 0.25) is 0 Å². The Morgan fingerprint density at radius 2 is 1.78 bits per heavy atom. The average Bonchev–Trinajstić information content (AvgIpc) is 3.41. The molecule has 6 rings (SSSR count). The van der Waals surface area contributed by atoms with Crippen LogP contribution < -0.4 is 34.4 Å². The molecule has 2 N–H and O–H groups in total. The van der Waals surface area contributed by atoms with Crippen molar-refractivity contribution in [2.45, 2.75) is 26.5 Å². The Morgan fingerprint density at radius 3 is 2.48 bits per heavy atom. The molecule has 12 heteroatoms. The molecule has 0 aliphatic carbocycles. The summed E-state index contributed by atoms with van der Waals surface area (Å²) in [6, 6.07) is 25.4. The lowest BCUT2D eigenvalue weighted by Gasteiger charge is -2.25. The summed E-state index contributed by atoms with van der Waals surface area (Å²) >= 11 is 7.86. The second kappa shape index (κ2) is 14.9. The number of carboxylic acid groups (broad SMARTS) is 1. The number of allylic oxidation sites excluding steroid dienone is 1. The second-order valence-corrected chi connectivity index (χ2v) is 12.6. The van der Waals surface area contributed by atoms with Crippen molar-refractivity contribution in [2.75, 3.05) is 19.0 Å². The zero-order chi connectivity index (χ0) is 35.4. The number of hydrogen-bond donors (Lipinski definition) is 2. The highest BCUT2D eigenvalue weighted by molar-refractivity contribution is 7.07. The highest BCUT2D eigenvalue weighted by atomic mass is 35.5. The SMILES string of the molecule is CCOc1ccc([C@H]2C(C(=O)Nc3ccccc3)=C(C)N=c3s/c(=C/c4cc(Cl)c(OCc5cccc(C(=O)O)c5)c(OC)c4)c(=O)n32)cc1. The number of amides is 1. The summed E-state index contributed by atoms with van der Waals surface area (Å²) in [6.45, 7) is 4.22. The Bertz CT molecular complexity index is 2300. The third-order valence-corrected chi connectivity index (χ3v) is 9.18. The molecule has 0 unspecified atom stereocenters. The number of nitrogens with one attached hydrogen (secondary N) is 1. The van der Waals surface area contributed by atoms with Gasteiger partial charge in [0.05, 0.1) is 46.1 Å². The summed E-state index contributed by atoms with van der Waals surface area (Å²) in [5.74, 6) is -0.133. The number of rotatable bonds is 11. The van der Waals surface area contributed by atoms with E-state index in [0.717, 1.165) is 0 Å². The lowest BCUT2D eigenvalue weighted by atomic mass is 9.95. The van der Waals surface area contributed by atoms with E-state index >= 15 is 0 Å². The van der Waals surface area contributed by atoms with E-state index in [1.807, 2.05) is 49.4 Å². The van der Waals surface area contributed by atoms with Crippen LogP contribution in [-0.2, 0) is 11.4 Å². The fourth-order valence-corrected chi connectivity index (χ4v) is 6.94. The van der Waals surface area contributed by atoms with Gasteiger partial charge in [0.1, 0.15) is 12.4 Å². The number of carboxylic acids is 1. The molecule has 1 atom stereocenters. The molecule has 10 nitrogen and oxygen atoms in total. The van der Waals surface area contributed by atoms with Gasteiger partial charge in [0.25, 0.3) is 11.5 Å². The quantitative estimate of drug-likeness (QED) is 0.167. The average molecular weight is 710 g/mol. The van der Waals surface area contributed by atoms with Crippen LogP contribution in [0, 0.1) is 0 Å². The molecule has 0 fully saturated rings. The molecule has 0 saturated carbocycles. The standard InChI is InChI=1S/C38H32ClN3O7S/c1-4-48-28-15-13-25(14-16-28)33-32(35(43)41-27-11-6-5-7-12-27)22(2)40-38-42(33)36(44)31(50-38)20-24-18-29(39)34(30(19-24)47-3)49-21-23-9-8-10-26(17-23)37(45)46/h5-20,33H,4,21H2,1-3H3,(H,41,43)(H,45,46)/b31-20+/t33-/m0/s1. The maximum Gasteiger partial charge on any atom is 0.335 e. The number of benzene rings is 4. The third-order valence-electron chi connectivity index (χ3n) is 7.91. The first-order chi connectivity index (χ1) is 24.2. The van der Waals surface area contributed by atoms with E-state index < -0.39 is 12.0 Å². The minimum atomic E-state index is -1.04. The van der Waals surface area contributed by atoms with Gasteiger partial charge in [0.15, 0.2) is 16.3 Å². The number of thiazole rings is 1. The van der Waals surface area contributed by atoms with Crippen LogP contribution in [0.1, 0.15) is 46.9 Å². The largest absolute Gasteiger partial charge is 0.494 e. The predicted octanol–water partition coefficient (Wildman–Crippen LogP) is 6.21. The molecule has 0 bridgehead atoms. The molecule has 50 heavy (non-hydrogen) atoms. The van der Waals surface area contributed by atoms with Gasteiger partial charge in [-0.2, -0.15) is 0 Å². The number of carbonyl (C=O) groups is 2. The number of carbonyl (C=O) groups excluding carboxylic acids is 1. The van der Waals surface area contributed by atoms with E-state index in [2.05, 4.69) is 5.32 Å². The number of aromatic carboxylic acids is 1. The van der Waals surface area contributed by atoms with Crippen molar-refractivity contribution in [2.24, 2.45) is 4.99 Å². The van der Waals surface area contributed by atoms with Crippen LogP contribution in [0.5, 0.6) is 17.2 Å². The molecule has 2 heterocycles. The number of aromatic nitrogens is 1. The summed E-state index contributed by atoms with van der Waals surface area (Å²) in [4.78, 5) is 44.6. The molecular weight excluding hydrogens is 678 g/mol. The van der Waals surface area contributed by atoms with Gasteiger partial charge in [-0.15, -0.1) is 0 Å². The van der Waals surface area contributed by atoms with Gasteiger partial charge in [-0.3, -0.25) is 14.2 Å². The number of anilines is 1. The summed E-state index contributed by atoms with van der Waals surface area (Å²) in [7, 11) is 1.48. The first-order valence-corrected chi connectivity index (χ1v) is 16.8. The van der Waals surface area contributed by atoms with Crippen LogP contribution in [0.15, 0.2) is 112 Å². The maximum atomic E-state index is 14.2. The minimum absolute atomic E-state index is 0.0558. The Hall–Kier alpha value is -5.65. The number of fused-ring (bicyclic) bond motifs is 1. The Balaban J connectivity index is 1.38. The van der Waals surface area contributed by atoms with Crippen molar-refractivity contribution in [3.8, 4) is 17.2 Å². The number of nitrogens with zero attached hydrogens (tertiary/aromatic N) is 2. The highest BCUT2D eigenvalue weighted by Crippen LogP contribution is 2.37. The van der Waals surface area contributed by atoms with E-state index in [1.54, 1.807) is 54.0 Å². The van der Waals surface area contributed by atoms with Crippen molar-refractivity contribution in [3.05, 3.63) is 149 Å². The molecule has 1 aliphatic rings. The summed E-state index contributed by atoms with van der Waals surface area (Å²) in [6.07, 6.45) is 1.69. The van der Waals surface area contributed by atoms with Gasteiger partial charge < -0.3 is 24.6 Å². The predicted molar refractivity (Wildman–Crippen MR) is 192 cm³/mol. The fraction of sp³-hybridized carbons (Fsp3) is 0.158. The second-order valence-electron chi connectivity index (χ2n) is 11.2. The first-order valence-electron chi connectivity index (χ1n) is 15.6. The molecule has 0 saturated heterocycles. The van der Waals surface area contributed by atoms with Crippen LogP contribution in [0.3, 0.4) is 0 Å². The smallest absolute Gasteiger partial charge is 0.335 e. The summed E-state index contributed by atoms with van der Waals surface area (Å²) in [5, 5.41) is 12.5. The molecule has 1 aromatic heterocycles. The van der Waals surface area contributed by atoms with E-state index in [4.69, 9.17) is 30.8 Å². The van der Waals surface area contributed by atoms with Gasteiger partial charge in [-0.1, -0.05) is 65.4 Å². The monoisotopic (exact) mass is 709 g/mol. The lowest BCUT2D eigenvalue weighted by molar-refractivity contribution is -0.113. The topological polar surface area (TPSA) is 128 Å². The van der Waals surface area contributed by atoms with Gasteiger partial charge >= 0.3 is 5.97 Å². The number of ether oxygens (including phenoxy) is 3. The number of para-hydroxylation sites is 1. The highest BCUT2D eigenvalue weighted by Gasteiger charge is 2.32. The van der Waals surface area contributed by atoms with E-state index in [0.29, 0.717) is 61.1 Å². The normalized spacial score (nSPS) is 14.1. The number of methoxy groups -OCH3 is 1. The lowest BCUT2D eigenvalue weighted by Crippen LogP contribution is -2.40. The van der Waals surface area contributed by atoms with Gasteiger partial charge in [-0.25, -0.2) is 9.79 Å². The molecule has 4 aromatic carbocycles. The fourth-order valence-electron chi connectivity index (χ4n) is 5.62. The first kappa shape index (κ1) is 34.2. The van der Waals surface area contributed by atoms with Crippen molar-refractivity contribution in [1.82, 2.24) is 4.57 Å². The third kappa shape index (κ3) is 7.19. The Labute approximate surface area is 296 Å². The number of halogens is 1. The van der Waals surface area contributed by atoms with Crippen LogP contribution in [0.2, 0.25) is 5.02 Å². The van der Waals surface area contributed by atoms with Crippen LogP contribution in [0.25, 0.3) is 6.08 Å². The summed E-state index contributed by atoms with van der Waals surface area (Å²) < 4.78 is 19.1. The van der Waals surface area contributed by atoms with E-state index in [-0.39, 0.29) is 34.4 Å². The number of hydrogen-bond acceptors (Lipinski definition) is 8. The molecule has 0 radical (unpaired) electrons. The van der Waals surface area contributed by atoms with Crippen LogP contribution >= 0.6 is 22.9 Å². The zero-order valence-corrected chi connectivity index (χ0v) is 28.9. The van der Waals surface area contributed by atoms with Crippen molar-refractivity contribution in [3.63, 3.8) is 0 Å². The van der Waals surface area contributed by atoms with E-state index in [1.165, 1.54) is 30.6 Å². The van der Waals surface area contributed by atoms with Crippen molar-refractivity contribution in [1.29, 1.82) is 0 Å². The minimum Gasteiger partial charge on any atom is -0.494 e. The zero-order valence-electron chi connectivity index (χ0n) is 27.3.